The van der Waals surface area contributed by atoms with Crippen LogP contribution in [-0.2, 0) is 4.79 Å². The van der Waals surface area contributed by atoms with Gasteiger partial charge in [-0.05, 0) is 33.6 Å². The number of hydrogen-bond acceptors (Lipinski definition) is 3. The molecule has 1 rings (SSSR count). The molecule has 0 aromatic heterocycles. The van der Waals surface area contributed by atoms with Crippen LogP contribution in [0.1, 0.15) is 40.0 Å². The van der Waals surface area contributed by atoms with Crippen LogP contribution >= 0.6 is 0 Å². The molecule has 1 unspecified atom stereocenters. The third-order valence-corrected chi connectivity index (χ3v) is 2.80. The Hall–Kier alpha value is -0.610. The quantitative estimate of drug-likeness (QED) is 0.600. The molecule has 0 aromatic carbocycles. The van der Waals surface area contributed by atoms with Crippen molar-refractivity contribution in [3.05, 3.63) is 0 Å². The van der Waals surface area contributed by atoms with Crippen molar-refractivity contribution < 1.29 is 9.90 Å². The van der Waals surface area contributed by atoms with Gasteiger partial charge in [-0.3, -0.25) is 4.79 Å². The van der Waals surface area contributed by atoms with E-state index in [9.17, 15) is 9.90 Å². The zero-order valence-corrected chi connectivity index (χ0v) is 9.84. The first kappa shape index (κ1) is 12.5. The third kappa shape index (κ3) is 5.14. The highest BCUT2D eigenvalue weighted by atomic mass is 16.3. The minimum Gasteiger partial charge on any atom is -0.389 e. The van der Waals surface area contributed by atoms with Gasteiger partial charge in [-0.1, -0.05) is 0 Å². The summed E-state index contributed by atoms with van der Waals surface area (Å²) >= 11 is 0. The molecule has 1 saturated carbocycles. The van der Waals surface area contributed by atoms with E-state index in [1.54, 1.807) is 13.8 Å². The summed E-state index contributed by atoms with van der Waals surface area (Å²) in [6.45, 7) is 6.05. The maximum absolute atomic E-state index is 11.3. The fourth-order valence-corrected chi connectivity index (χ4v) is 1.18. The van der Waals surface area contributed by atoms with E-state index in [2.05, 4.69) is 10.6 Å². The summed E-state index contributed by atoms with van der Waals surface area (Å²) in [5, 5.41) is 15.7. The molecule has 0 bridgehead atoms. The summed E-state index contributed by atoms with van der Waals surface area (Å²) in [7, 11) is 0. The first-order chi connectivity index (χ1) is 6.89. The Morgan fingerprint density at radius 2 is 2.13 bits per heavy atom. The van der Waals surface area contributed by atoms with Crippen molar-refractivity contribution >= 4 is 5.91 Å². The largest absolute Gasteiger partial charge is 0.389 e. The summed E-state index contributed by atoms with van der Waals surface area (Å²) in [5.41, 5.74) is -0.743. The van der Waals surface area contributed by atoms with E-state index in [1.807, 2.05) is 6.92 Å². The van der Waals surface area contributed by atoms with Gasteiger partial charge in [0.05, 0.1) is 5.60 Å². The second kappa shape index (κ2) is 4.94. The predicted octanol–water partition coefficient (Wildman–Crippen LogP) is 0.404. The molecule has 4 nitrogen and oxygen atoms in total. The molecule has 15 heavy (non-hydrogen) atoms. The van der Waals surface area contributed by atoms with Gasteiger partial charge in [0.15, 0.2) is 0 Å². The van der Waals surface area contributed by atoms with E-state index in [-0.39, 0.29) is 11.9 Å². The predicted molar refractivity (Wildman–Crippen MR) is 59.5 cm³/mol. The molecular formula is C11H22N2O2. The lowest BCUT2D eigenvalue weighted by atomic mass is 10.0. The van der Waals surface area contributed by atoms with E-state index < -0.39 is 5.60 Å². The Morgan fingerprint density at radius 3 is 2.60 bits per heavy atom. The van der Waals surface area contributed by atoms with Crippen molar-refractivity contribution in [2.24, 2.45) is 0 Å². The third-order valence-electron chi connectivity index (χ3n) is 2.80. The normalized spacial score (nSPS) is 18.7. The minimum atomic E-state index is -0.743. The number of amides is 1. The number of hydrogen-bond donors (Lipinski definition) is 3. The Labute approximate surface area is 91.4 Å². The summed E-state index contributed by atoms with van der Waals surface area (Å²) in [6, 6.07) is 0.426. The molecule has 0 aromatic rings. The molecule has 3 N–H and O–H groups in total. The number of rotatable bonds is 6. The van der Waals surface area contributed by atoms with Crippen molar-refractivity contribution in [1.82, 2.24) is 10.6 Å². The fraction of sp³-hybridized carbons (Fsp3) is 0.909. The Morgan fingerprint density at radius 1 is 1.53 bits per heavy atom. The van der Waals surface area contributed by atoms with Gasteiger partial charge in [0.2, 0.25) is 5.91 Å². The van der Waals surface area contributed by atoms with Crippen molar-refractivity contribution in [3.8, 4) is 0 Å². The lowest BCUT2D eigenvalue weighted by Gasteiger charge is -2.26. The zero-order valence-electron chi connectivity index (χ0n) is 9.84. The second-order valence-corrected chi connectivity index (χ2v) is 4.92. The van der Waals surface area contributed by atoms with Crippen LogP contribution in [0.5, 0.6) is 0 Å². The van der Waals surface area contributed by atoms with Crippen molar-refractivity contribution in [3.63, 3.8) is 0 Å². The van der Waals surface area contributed by atoms with E-state index in [4.69, 9.17) is 0 Å². The summed E-state index contributed by atoms with van der Waals surface area (Å²) in [4.78, 5) is 11.3. The monoisotopic (exact) mass is 214 g/mol. The van der Waals surface area contributed by atoms with Gasteiger partial charge < -0.3 is 15.7 Å². The van der Waals surface area contributed by atoms with Gasteiger partial charge in [0.25, 0.3) is 0 Å². The number of nitrogens with one attached hydrogen (secondary N) is 2. The highest BCUT2D eigenvalue weighted by molar-refractivity contribution is 5.76. The molecule has 1 amide bonds. The number of aliphatic hydroxyl groups is 1. The molecule has 1 aliphatic rings. The molecule has 88 valence electrons. The Balaban J connectivity index is 2.06. The number of carbonyl (C=O) groups excluding carboxylic acids is 1. The van der Waals surface area contributed by atoms with Gasteiger partial charge in [-0.25, -0.2) is 0 Å². The SMILES string of the molecule is CC(NCCC(=O)NC1CC1)C(C)(C)O. The molecule has 0 radical (unpaired) electrons. The minimum absolute atomic E-state index is 0.00813. The molecule has 0 saturated heterocycles. The zero-order chi connectivity index (χ0) is 11.5. The highest BCUT2D eigenvalue weighted by Gasteiger charge is 2.24. The average Bonchev–Trinajstić information content (AvgIpc) is 2.86. The van der Waals surface area contributed by atoms with E-state index in [1.165, 1.54) is 0 Å². The Bertz CT molecular complexity index is 219. The van der Waals surface area contributed by atoms with Gasteiger partial charge in [-0.15, -0.1) is 0 Å². The molecule has 0 heterocycles. The molecule has 1 atom stereocenters. The Kier molecular flexibility index (Phi) is 4.11. The van der Waals surface area contributed by atoms with E-state index >= 15 is 0 Å². The van der Waals surface area contributed by atoms with Gasteiger partial charge in [-0.2, -0.15) is 0 Å². The average molecular weight is 214 g/mol. The van der Waals surface area contributed by atoms with Crippen molar-refractivity contribution in [2.75, 3.05) is 6.54 Å². The topological polar surface area (TPSA) is 61.4 Å². The van der Waals surface area contributed by atoms with E-state index in [0.717, 1.165) is 12.8 Å². The van der Waals surface area contributed by atoms with Gasteiger partial charge in [0.1, 0.15) is 0 Å². The van der Waals surface area contributed by atoms with Crippen LogP contribution in [-0.4, -0.2) is 35.2 Å². The van der Waals surface area contributed by atoms with Crippen LogP contribution in [0.4, 0.5) is 0 Å². The highest BCUT2D eigenvalue weighted by Crippen LogP contribution is 2.18. The van der Waals surface area contributed by atoms with Crippen molar-refractivity contribution in [1.29, 1.82) is 0 Å². The maximum atomic E-state index is 11.3. The first-order valence-electron chi connectivity index (χ1n) is 5.64. The summed E-state index contributed by atoms with van der Waals surface area (Å²) < 4.78 is 0. The van der Waals surface area contributed by atoms with Crippen LogP contribution in [0.25, 0.3) is 0 Å². The van der Waals surface area contributed by atoms with E-state index in [0.29, 0.717) is 19.0 Å². The smallest absolute Gasteiger partial charge is 0.221 e. The summed E-state index contributed by atoms with van der Waals surface area (Å²) in [5.74, 6) is 0.105. The molecular weight excluding hydrogens is 192 g/mol. The first-order valence-corrected chi connectivity index (χ1v) is 5.64. The van der Waals surface area contributed by atoms with Crippen LogP contribution in [0.15, 0.2) is 0 Å². The molecule has 1 fully saturated rings. The van der Waals surface area contributed by atoms with Crippen LogP contribution in [0.2, 0.25) is 0 Å². The summed E-state index contributed by atoms with van der Waals surface area (Å²) in [6.07, 6.45) is 2.73. The van der Waals surface area contributed by atoms with Gasteiger partial charge in [0, 0.05) is 25.0 Å². The van der Waals surface area contributed by atoms with Gasteiger partial charge >= 0.3 is 0 Å². The fourth-order valence-electron chi connectivity index (χ4n) is 1.18. The number of carbonyl (C=O) groups is 1. The lowest BCUT2D eigenvalue weighted by Crippen LogP contribution is -2.45. The second-order valence-electron chi connectivity index (χ2n) is 4.92. The molecule has 1 aliphatic carbocycles. The molecule has 0 aliphatic heterocycles. The molecule has 4 heteroatoms. The van der Waals surface area contributed by atoms with Crippen LogP contribution in [0, 0.1) is 0 Å². The molecule has 0 spiro atoms. The standard InChI is InChI=1S/C11H22N2O2/c1-8(11(2,3)15)12-7-6-10(14)13-9-4-5-9/h8-9,12,15H,4-7H2,1-3H3,(H,13,14). The lowest BCUT2D eigenvalue weighted by molar-refractivity contribution is -0.121. The maximum Gasteiger partial charge on any atom is 0.221 e. The van der Waals surface area contributed by atoms with Crippen LogP contribution < -0.4 is 10.6 Å². The van der Waals surface area contributed by atoms with Crippen molar-refractivity contribution in [2.45, 2.75) is 57.7 Å². The van der Waals surface area contributed by atoms with Crippen LogP contribution in [0.3, 0.4) is 0 Å².